The summed E-state index contributed by atoms with van der Waals surface area (Å²) >= 11 is 0. The molecule has 0 bridgehead atoms. The van der Waals surface area contributed by atoms with E-state index < -0.39 is 0 Å². The molecule has 1 aliphatic heterocycles. The van der Waals surface area contributed by atoms with Gasteiger partial charge in [-0.2, -0.15) is 0 Å². The van der Waals surface area contributed by atoms with Crippen molar-refractivity contribution in [1.82, 2.24) is 5.32 Å². The fraction of sp³-hybridized carbons (Fsp3) is 0.933. The van der Waals surface area contributed by atoms with Gasteiger partial charge < -0.3 is 14.8 Å². The molecule has 0 aromatic rings. The van der Waals surface area contributed by atoms with Crippen molar-refractivity contribution in [3.63, 3.8) is 0 Å². The van der Waals surface area contributed by atoms with Crippen LogP contribution >= 0.6 is 0 Å². The van der Waals surface area contributed by atoms with E-state index in [-0.39, 0.29) is 12.1 Å². The largest absolute Gasteiger partial charge is 0.462 e. The first kappa shape index (κ1) is 14.8. The fourth-order valence-corrected chi connectivity index (χ4v) is 3.00. The van der Waals surface area contributed by atoms with E-state index in [1.54, 1.807) is 0 Å². The van der Waals surface area contributed by atoms with Crippen LogP contribution in [0.2, 0.25) is 0 Å². The summed E-state index contributed by atoms with van der Waals surface area (Å²) in [7, 11) is 0. The minimum Gasteiger partial charge on any atom is -0.462 e. The molecule has 0 spiro atoms. The van der Waals surface area contributed by atoms with Gasteiger partial charge in [0.1, 0.15) is 6.10 Å². The van der Waals surface area contributed by atoms with Crippen molar-refractivity contribution in [2.75, 3.05) is 19.7 Å². The number of nitrogens with one attached hydrogen (secondary N) is 1. The minimum atomic E-state index is -0.0898. The number of rotatable bonds is 5. The van der Waals surface area contributed by atoms with Gasteiger partial charge in [-0.15, -0.1) is 0 Å². The first-order valence-corrected chi connectivity index (χ1v) is 7.76. The number of ether oxygens (including phenoxy) is 2. The van der Waals surface area contributed by atoms with E-state index in [0.29, 0.717) is 25.0 Å². The Hall–Kier alpha value is -0.610. The predicted octanol–water partition coefficient (Wildman–Crippen LogP) is 2.27. The van der Waals surface area contributed by atoms with Gasteiger partial charge in [0.05, 0.1) is 19.1 Å². The molecule has 0 aromatic carbocycles. The average Bonchev–Trinajstić information content (AvgIpc) is 2.40. The molecular formula is C15H27NO3. The summed E-state index contributed by atoms with van der Waals surface area (Å²) in [6.45, 7) is 4.79. The second-order valence-electron chi connectivity index (χ2n) is 5.95. The number of hydrogen-bond donors (Lipinski definition) is 1. The molecule has 2 fully saturated rings. The fourth-order valence-electron chi connectivity index (χ4n) is 3.00. The monoisotopic (exact) mass is 269 g/mol. The Balaban J connectivity index is 1.56. The van der Waals surface area contributed by atoms with Crippen LogP contribution in [0.3, 0.4) is 0 Å². The third-order valence-corrected chi connectivity index (χ3v) is 4.13. The van der Waals surface area contributed by atoms with Crippen LogP contribution in [0.5, 0.6) is 0 Å². The SMILES string of the molecule is CC1CCCC(OC(=O)CCOC2CCNCC2)C1. The molecule has 1 aliphatic carbocycles. The summed E-state index contributed by atoms with van der Waals surface area (Å²) in [5.74, 6) is 0.602. The highest BCUT2D eigenvalue weighted by atomic mass is 16.5. The van der Waals surface area contributed by atoms with Gasteiger partial charge in [-0.05, 0) is 51.1 Å². The summed E-state index contributed by atoms with van der Waals surface area (Å²) in [6.07, 6.45) is 7.49. The maximum atomic E-state index is 11.7. The zero-order chi connectivity index (χ0) is 13.5. The van der Waals surface area contributed by atoms with Crippen molar-refractivity contribution in [3.05, 3.63) is 0 Å². The lowest BCUT2D eigenvalue weighted by atomic mass is 9.89. The van der Waals surface area contributed by atoms with Gasteiger partial charge in [0.15, 0.2) is 0 Å². The Bertz CT molecular complexity index is 277. The van der Waals surface area contributed by atoms with E-state index in [1.807, 2.05) is 0 Å². The highest BCUT2D eigenvalue weighted by Gasteiger charge is 2.22. The highest BCUT2D eigenvalue weighted by molar-refractivity contribution is 5.69. The van der Waals surface area contributed by atoms with Gasteiger partial charge in [0, 0.05) is 0 Å². The van der Waals surface area contributed by atoms with E-state index in [2.05, 4.69) is 12.2 Å². The van der Waals surface area contributed by atoms with Crippen molar-refractivity contribution in [3.8, 4) is 0 Å². The molecule has 0 amide bonds. The molecule has 2 aliphatic rings. The molecule has 1 heterocycles. The molecule has 2 unspecified atom stereocenters. The lowest BCUT2D eigenvalue weighted by Crippen LogP contribution is -2.33. The van der Waals surface area contributed by atoms with Gasteiger partial charge in [0.2, 0.25) is 0 Å². The Morgan fingerprint density at radius 1 is 1.16 bits per heavy atom. The number of piperidine rings is 1. The minimum absolute atomic E-state index is 0.0898. The maximum Gasteiger partial charge on any atom is 0.308 e. The summed E-state index contributed by atoms with van der Waals surface area (Å²) in [4.78, 5) is 11.7. The highest BCUT2D eigenvalue weighted by Crippen LogP contribution is 2.25. The Labute approximate surface area is 116 Å². The van der Waals surface area contributed by atoms with E-state index in [9.17, 15) is 4.79 Å². The van der Waals surface area contributed by atoms with Gasteiger partial charge in [-0.1, -0.05) is 13.3 Å². The lowest BCUT2D eigenvalue weighted by Gasteiger charge is -2.26. The molecule has 1 saturated heterocycles. The van der Waals surface area contributed by atoms with Crippen LogP contribution < -0.4 is 5.32 Å². The number of hydrogen-bond acceptors (Lipinski definition) is 4. The third-order valence-electron chi connectivity index (χ3n) is 4.13. The summed E-state index contributed by atoms with van der Waals surface area (Å²) < 4.78 is 11.2. The molecule has 2 atom stereocenters. The molecule has 110 valence electrons. The van der Waals surface area contributed by atoms with Gasteiger partial charge in [-0.3, -0.25) is 4.79 Å². The molecule has 0 aromatic heterocycles. The van der Waals surface area contributed by atoms with Crippen molar-refractivity contribution < 1.29 is 14.3 Å². The van der Waals surface area contributed by atoms with Crippen LogP contribution in [-0.4, -0.2) is 37.9 Å². The van der Waals surface area contributed by atoms with Crippen LogP contribution in [0.25, 0.3) is 0 Å². The second-order valence-corrected chi connectivity index (χ2v) is 5.95. The molecule has 0 radical (unpaired) electrons. The van der Waals surface area contributed by atoms with Crippen molar-refractivity contribution >= 4 is 5.97 Å². The summed E-state index contributed by atoms with van der Waals surface area (Å²) in [6, 6.07) is 0. The Kier molecular flexibility index (Phi) is 6.11. The summed E-state index contributed by atoms with van der Waals surface area (Å²) in [5, 5.41) is 3.30. The van der Waals surface area contributed by atoms with Crippen LogP contribution in [-0.2, 0) is 14.3 Å². The molecule has 4 heteroatoms. The zero-order valence-electron chi connectivity index (χ0n) is 12.0. The zero-order valence-corrected chi connectivity index (χ0v) is 12.0. The second kappa shape index (κ2) is 7.85. The van der Waals surface area contributed by atoms with Crippen molar-refractivity contribution in [2.24, 2.45) is 5.92 Å². The molecule has 19 heavy (non-hydrogen) atoms. The topological polar surface area (TPSA) is 47.6 Å². The molecular weight excluding hydrogens is 242 g/mol. The van der Waals surface area contributed by atoms with Crippen LogP contribution in [0.15, 0.2) is 0 Å². The Morgan fingerprint density at radius 3 is 2.68 bits per heavy atom. The van der Waals surface area contributed by atoms with E-state index >= 15 is 0 Å². The average molecular weight is 269 g/mol. The molecule has 4 nitrogen and oxygen atoms in total. The molecule has 1 saturated carbocycles. The summed E-state index contributed by atoms with van der Waals surface area (Å²) in [5.41, 5.74) is 0. The lowest BCUT2D eigenvalue weighted by molar-refractivity contribution is -0.152. The van der Waals surface area contributed by atoms with E-state index in [4.69, 9.17) is 9.47 Å². The standard InChI is InChI=1S/C15H27NO3/c1-12-3-2-4-14(11-12)19-15(17)7-10-18-13-5-8-16-9-6-13/h12-14,16H,2-11H2,1H3. The molecule has 1 N–H and O–H groups in total. The first-order chi connectivity index (χ1) is 9.24. The normalized spacial score (nSPS) is 29.1. The predicted molar refractivity (Wildman–Crippen MR) is 74.0 cm³/mol. The van der Waals surface area contributed by atoms with Crippen molar-refractivity contribution in [2.45, 2.75) is 64.1 Å². The van der Waals surface area contributed by atoms with E-state index in [1.165, 1.54) is 12.8 Å². The van der Waals surface area contributed by atoms with Crippen LogP contribution in [0, 0.1) is 5.92 Å². The van der Waals surface area contributed by atoms with Gasteiger partial charge in [-0.25, -0.2) is 0 Å². The van der Waals surface area contributed by atoms with Crippen LogP contribution in [0.1, 0.15) is 51.9 Å². The third kappa shape index (κ3) is 5.49. The van der Waals surface area contributed by atoms with E-state index in [0.717, 1.165) is 38.8 Å². The van der Waals surface area contributed by atoms with Gasteiger partial charge in [0.25, 0.3) is 0 Å². The Morgan fingerprint density at radius 2 is 1.95 bits per heavy atom. The maximum absolute atomic E-state index is 11.7. The molecule has 2 rings (SSSR count). The quantitative estimate of drug-likeness (QED) is 0.778. The van der Waals surface area contributed by atoms with Crippen LogP contribution in [0.4, 0.5) is 0 Å². The number of esters is 1. The van der Waals surface area contributed by atoms with Crippen molar-refractivity contribution in [1.29, 1.82) is 0 Å². The first-order valence-electron chi connectivity index (χ1n) is 7.76. The smallest absolute Gasteiger partial charge is 0.308 e. The number of carbonyl (C=O) groups excluding carboxylic acids is 1. The van der Waals surface area contributed by atoms with Gasteiger partial charge >= 0.3 is 5.97 Å². The number of carbonyl (C=O) groups is 1.